The molecule has 2 N–H and O–H groups in total. The second-order valence-electron chi connectivity index (χ2n) is 4.21. The predicted octanol–water partition coefficient (Wildman–Crippen LogP) is 4.18. The van der Waals surface area contributed by atoms with E-state index in [4.69, 9.17) is 22.1 Å². The van der Waals surface area contributed by atoms with Crippen molar-refractivity contribution in [2.75, 3.05) is 6.54 Å². The van der Waals surface area contributed by atoms with Gasteiger partial charge in [-0.05, 0) is 54.4 Å². The largest absolute Gasteiger partial charge is 0.489 e. The molecule has 0 atom stereocenters. The zero-order chi connectivity index (χ0) is 13.7. The first-order valence-electron chi connectivity index (χ1n) is 6.05. The van der Waals surface area contributed by atoms with Gasteiger partial charge in [0.25, 0.3) is 0 Å². The third-order valence-electron chi connectivity index (χ3n) is 2.72. The molecular formula is C15H15BrClNO. The molecule has 0 spiro atoms. The molecule has 0 radical (unpaired) electrons. The molecule has 100 valence electrons. The van der Waals surface area contributed by atoms with Crippen molar-refractivity contribution >= 4 is 27.5 Å². The fourth-order valence-electron chi connectivity index (χ4n) is 1.83. The highest BCUT2D eigenvalue weighted by Gasteiger charge is 2.05. The van der Waals surface area contributed by atoms with Crippen LogP contribution in [0.1, 0.15) is 11.1 Å². The van der Waals surface area contributed by atoms with Gasteiger partial charge in [0.2, 0.25) is 0 Å². The van der Waals surface area contributed by atoms with Gasteiger partial charge in [0.15, 0.2) is 0 Å². The predicted molar refractivity (Wildman–Crippen MR) is 82.7 cm³/mol. The minimum atomic E-state index is 0.526. The third kappa shape index (κ3) is 4.23. The van der Waals surface area contributed by atoms with Crippen LogP contribution in [0.2, 0.25) is 5.02 Å². The topological polar surface area (TPSA) is 35.2 Å². The van der Waals surface area contributed by atoms with Gasteiger partial charge in [-0.3, -0.25) is 0 Å². The summed E-state index contributed by atoms with van der Waals surface area (Å²) >= 11 is 9.44. The van der Waals surface area contributed by atoms with Crippen LogP contribution in [0, 0.1) is 0 Å². The summed E-state index contributed by atoms with van der Waals surface area (Å²) < 4.78 is 6.90. The molecule has 4 heteroatoms. The van der Waals surface area contributed by atoms with Crippen molar-refractivity contribution in [2.24, 2.45) is 5.73 Å². The molecule has 0 aliphatic carbocycles. The van der Waals surface area contributed by atoms with Crippen LogP contribution in [0.25, 0.3) is 0 Å². The van der Waals surface area contributed by atoms with Gasteiger partial charge >= 0.3 is 0 Å². The van der Waals surface area contributed by atoms with Crippen LogP contribution < -0.4 is 10.5 Å². The van der Waals surface area contributed by atoms with Crippen molar-refractivity contribution in [1.82, 2.24) is 0 Å². The number of rotatable bonds is 5. The zero-order valence-corrected chi connectivity index (χ0v) is 12.7. The van der Waals surface area contributed by atoms with Crippen LogP contribution in [0.3, 0.4) is 0 Å². The molecule has 0 heterocycles. The van der Waals surface area contributed by atoms with E-state index in [9.17, 15) is 0 Å². The molecule has 2 aromatic rings. The van der Waals surface area contributed by atoms with Gasteiger partial charge in [-0.1, -0.05) is 39.7 Å². The maximum Gasteiger partial charge on any atom is 0.123 e. The van der Waals surface area contributed by atoms with E-state index < -0.39 is 0 Å². The van der Waals surface area contributed by atoms with E-state index in [1.54, 1.807) is 0 Å². The van der Waals surface area contributed by atoms with E-state index in [0.717, 1.165) is 27.8 Å². The van der Waals surface area contributed by atoms with Crippen LogP contribution in [-0.4, -0.2) is 6.54 Å². The van der Waals surface area contributed by atoms with E-state index in [1.807, 2.05) is 42.5 Å². The summed E-state index contributed by atoms with van der Waals surface area (Å²) in [6.07, 6.45) is 0.758. The maximum absolute atomic E-state index is 5.99. The second kappa shape index (κ2) is 6.94. The van der Waals surface area contributed by atoms with E-state index in [-0.39, 0.29) is 0 Å². The Hall–Kier alpha value is -1.03. The van der Waals surface area contributed by atoms with Gasteiger partial charge in [0.1, 0.15) is 12.4 Å². The van der Waals surface area contributed by atoms with Crippen molar-refractivity contribution in [3.05, 3.63) is 63.1 Å². The number of hydrogen-bond donors (Lipinski definition) is 1. The van der Waals surface area contributed by atoms with E-state index >= 15 is 0 Å². The monoisotopic (exact) mass is 339 g/mol. The number of benzene rings is 2. The molecule has 19 heavy (non-hydrogen) atoms. The van der Waals surface area contributed by atoms with Gasteiger partial charge in [0, 0.05) is 9.50 Å². The Bertz CT molecular complexity index is 560. The van der Waals surface area contributed by atoms with Crippen molar-refractivity contribution in [2.45, 2.75) is 13.0 Å². The summed E-state index contributed by atoms with van der Waals surface area (Å²) in [5.41, 5.74) is 7.76. The Morgan fingerprint density at radius 2 is 2.00 bits per heavy atom. The lowest BCUT2D eigenvalue weighted by atomic mass is 10.1. The summed E-state index contributed by atoms with van der Waals surface area (Å²) in [6.45, 7) is 1.10. The summed E-state index contributed by atoms with van der Waals surface area (Å²) in [4.78, 5) is 0. The molecule has 0 unspecified atom stereocenters. The standard InChI is InChI=1S/C15H15BrClNO/c16-13-3-1-2-11(8-13)10-19-15-5-4-14(17)9-12(15)6-7-18/h1-5,8-9H,6-7,10,18H2. The summed E-state index contributed by atoms with van der Waals surface area (Å²) in [7, 11) is 0. The molecule has 2 aromatic carbocycles. The molecule has 0 aromatic heterocycles. The Labute approximate surface area is 126 Å². The second-order valence-corrected chi connectivity index (χ2v) is 5.56. The van der Waals surface area contributed by atoms with Gasteiger partial charge in [0.05, 0.1) is 0 Å². The van der Waals surface area contributed by atoms with Crippen LogP contribution in [0.4, 0.5) is 0 Å². The Balaban J connectivity index is 2.10. The molecule has 0 saturated carbocycles. The summed E-state index contributed by atoms with van der Waals surface area (Å²) in [5, 5.41) is 0.707. The molecule has 0 saturated heterocycles. The fourth-order valence-corrected chi connectivity index (χ4v) is 2.47. The molecule has 0 bridgehead atoms. The van der Waals surface area contributed by atoms with Crippen molar-refractivity contribution < 1.29 is 4.74 Å². The van der Waals surface area contributed by atoms with Crippen molar-refractivity contribution in [3.63, 3.8) is 0 Å². The molecular weight excluding hydrogens is 326 g/mol. The minimum absolute atomic E-state index is 0.526. The number of hydrogen-bond acceptors (Lipinski definition) is 2. The van der Waals surface area contributed by atoms with Crippen LogP contribution >= 0.6 is 27.5 Å². The van der Waals surface area contributed by atoms with Crippen LogP contribution in [-0.2, 0) is 13.0 Å². The van der Waals surface area contributed by atoms with Crippen molar-refractivity contribution in [3.8, 4) is 5.75 Å². The Kier molecular flexibility index (Phi) is 5.25. The average molecular weight is 341 g/mol. The zero-order valence-electron chi connectivity index (χ0n) is 10.4. The first-order chi connectivity index (χ1) is 9.19. The smallest absolute Gasteiger partial charge is 0.123 e. The molecule has 0 fully saturated rings. The summed E-state index contributed by atoms with van der Waals surface area (Å²) in [5.74, 6) is 0.842. The molecule has 0 amide bonds. The molecule has 2 rings (SSSR count). The highest BCUT2D eigenvalue weighted by atomic mass is 79.9. The van der Waals surface area contributed by atoms with E-state index in [1.165, 1.54) is 0 Å². The Morgan fingerprint density at radius 3 is 2.74 bits per heavy atom. The lowest BCUT2D eigenvalue weighted by molar-refractivity contribution is 0.303. The van der Waals surface area contributed by atoms with Gasteiger partial charge in [-0.15, -0.1) is 0 Å². The number of halogens is 2. The van der Waals surface area contributed by atoms with E-state index in [0.29, 0.717) is 18.2 Å². The normalized spacial score (nSPS) is 10.5. The third-order valence-corrected chi connectivity index (χ3v) is 3.45. The van der Waals surface area contributed by atoms with E-state index in [2.05, 4.69) is 15.9 Å². The molecule has 0 aliphatic rings. The van der Waals surface area contributed by atoms with Crippen LogP contribution in [0.15, 0.2) is 46.9 Å². The quantitative estimate of drug-likeness (QED) is 0.886. The van der Waals surface area contributed by atoms with Crippen molar-refractivity contribution in [1.29, 1.82) is 0 Å². The SMILES string of the molecule is NCCc1cc(Cl)ccc1OCc1cccc(Br)c1. The highest BCUT2D eigenvalue weighted by molar-refractivity contribution is 9.10. The molecule has 2 nitrogen and oxygen atoms in total. The first-order valence-corrected chi connectivity index (χ1v) is 7.22. The average Bonchev–Trinajstić information content (AvgIpc) is 2.38. The van der Waals surface area contributed by atoms with Gasteiger partial charge in [-0.2, -0.15) is 0 Å². The number of ether oxygens (including phenoxy) is 1. The Morgan fingerprint density at radius 1 is 1.16 bits per heavy atom. The summed E-state index contributed by atoms with van der Waals surface area (Å²) in [6, 6.07) is 13.7. The van der Waals surface area contributed by atoms with Crippen LogP contribution in [0.5, 0.6) is 5.75 Å². The number of nitrogens with two attached hydrogens (primary N) is 1. The fraction of sp³-hybridized carbons (Fsp3) is 0.200. The maximum atomic E-state index is 5.99. The lowest BCUT2D eigenvalue weighted by Crippen LogP contribution is -2.05. The first kappa shape index (κ1) is 14.4. The minimum Gasteiger partial charge on any atom is -0.489 e. The van der Waals surface area contributed by atoms with Gasteiger partial charge < -0.3 is 10.5 Å². The van der Waals surface area contributed by atoms with Gasteiger partial charge in [-0.25, -0.2) is 0 Å². The highest BCUT2D eigenvalue weighted by Crippen LogP contribution is 2.24. The lowest BCUT2D eigenvalue weighted by Gasteiger charge is -2.11. The molecule has 0 aliphatic heterocycles.